The van der Waals surface area contributed by atoms with Crippen LogP contribution in [0.5, 0.6) is 0 Å². The number of ketones is 2. The van der Waals surface area contributed by atoms with Crippen LogP contribution in [0.1, 0.15) is 51.4 Å². The van der Waals surface area contributed by atoms with Crippen LogP contribution >= 0.6 is 0 Å². The average Bonchev–Trinajstić information content (AvgIpc) is 2.71. The SMILES string of the molecule is NC1CC(NC2CC(S(=O)(=O)O)C(N)C3C(=O)C4CCCCC4C(=O)C23)CCC1S(=O)(=O)O. The van der Waals surface area contributed by atoms with Crippen LogP contribution in [0.25, 0.3) is 0 Å². The lowest BCUT2D eigenvalue weighted by molar-refractivity contribution is -0.153. The van der Waals surface area contributed by atoms with Crippen LogP contribution < -0.4 is 16.8 Å². The Balaban J connectivity index is 1.62. The van der Waals surface area contributed by atoms with Gasteiger partial charge in [0.15, 0.2) is 0 Å². The number of carbonyl (C=O) groups excluding carboxylic acids is 2. The Morgan fingerprint density at radius 1 is 0.758 bits per heavy atom. The highest BCUT2D eigenvalue weighted by molar-refractivity contribution is 7.86. The molecule has 0 aromatic carbocycles. The molecule has 7 N–H and O–H groups in total. The first-order valence-electron chi connectivity index (χ1n) is 11.6. The van der Waals surface area contributed by atoms with E-state index in [1.807, 2.05) is 0 Å². The standard InChI is InChI=1S/C20H33N3O8S2/c21-12-7-9(5-6-14(12)32(26,27)28)23-13-8-15(33(29,30)31)18(22)17-16(13)19(24)10-3-1-2-4-11(10)20(17)25/h9-18,23H,1-8,21-22H2,(H,26,27,28)(H,29,30,31). The summed E-state index contributed by atoms with van der Waals surface area (Å²) < 4.78 is 66.6. The maximum atomic E-state index is 13.5. The van der Waals surface area contributed by atoms with Gasteiger partial charge in [-0.3, -0.25) is 18.7 Å². The molecule has 0 aromatic heterocycles. The summed E-state index contributed by atoms with van der Waals surface area (Å²) in [6, 6.07) is -3.08. The van der Waals surface area contributed by atoms with E-state index in [2.05, 4.69) is 5.32 Å². The minimum atomic E-state index is -4.57. The summed E-state index contributed by atoms with van der Waals surface area (Å²) in [4.78, 5) is 27.0. The second kappa shape index (κ2) is 8.92. The van der Waals surface area contributed by atoms with Crippen LogP contribution in [-0.4, -0.2) is 72.2 Å². The number of Topliss-reactive ketones (excluding diaryl/α,β-unsaturated/α-hetero) is 2. The van der Waals surface area contributed by atoms with Crippen molar-refractivity contribution < 1.29 is 35.5 Å². The summed E-state index contributed by atoms with van der Waals surface area (Å²) in [5.41, 5.74) is 12.2. The van der Waals surface area contributed by atoms with Gasteiger partial charge in [-0.15, -0.1) is 0 Å². The molecule has 4 rings (SSSR count). The summed E-state index contributed by atoms with van der Waals surface area (Å²) in [7, 11) is -8.87. The average molecular weight is 508 g/mol. The van der Waals surface area contributed by atoms with Gasteiger partial charge in [0, 0.05) is 47.8 Å². The molecular weight excluding hydrogens is 474 g/mol. The number of hydrogen-bond donors (Lipinski definition) is 5. The third-order valence-corrected chi connectivity index (χ3v) is 11.0. The molecule has 0 amide bonds. The highest BCUT2D eigenvalue weighted by Gasteiger charge is 2.59. The summed E-state index contributed by atoms with van der Waals surface area (Å²) in [5, 5.41) is 0.787. The molecule has 33 heavy (non-hydrogen) atoms. The molecule has 10 atom stereocenters. The zero-order valence-electron chi connectivity index (χ0n) is 18.2. The van der Waals surface area contributed by atoms with Gasteiger partial charge in [-0.1, -0.05) is 12.8 Å². The molecule has 13 heteroatoms. The molecule has 0 heterocycles. The van der Waals surface area contributed by atoms with Crippen molar-refractivity contribution in [1.82, 2.24) is 5.32 Å². The molecule has 188 valence electrons. The monoisotopic (exact) mass is 507 g/mol. The molecule has 0 bridgehead atoms. The molecule has 4 saturated carbocycles. The molecular formula is C20H33N3O8S2. The number of rotatable bonds is 4. The van der Waals surface area contributed by atoms with E-state index < -0.39 is 72.5 Å². The maximum absolute atomic E-state index is 13.5. The van der Waals surface area contributed by atoms with Crippen molar-refractivity contribution in [3.63, 3.8) is 0 Å². The zero-order valence-corrected chi connectivity index (χ0v) is 19.9. The van der Waals surface area contributed by atoms with E-state index in [0.717, 1.165) is 12.8 Å². The second-order valence-corrected chi connectivity index (χ2v) is 13.5. The Bertz CT molecular complexity index is 1020. The van der Waals surface area contributed by atoms with Crippen LogP contribution in [0.2, 0.25) is 0 Å². The quantitative estimate of drug-likeness (QED) is 0.299. The van der Waals surface area contributed by atoms with E-state index in [1.54, 1.807) is 0 Å². The minimum Gasteiger partial charge on any atom is -0.326 e. The smallest absolute Gasteiger partial charge is 0.269 e. The molecule has 4 aliphatic rings. The summed E-state index contributed by atoms with van der Waals surface area (Å²) >= 11 is 0. The normalized spacial score (nSPS) is 44.7. The molecule has 4 aliphatic carbocycles. The van der Waals surface area contributed by atoms with Crippen molar-refractivity contribution >= 4 is 31.8 Å². The molecule has 10 unspecified atom stereocenters. The lowest BCUT2D eigenvalue weighted by atomic mass is 9.56. The number of carbonyl (C=O) groups is 2. The fraction of sp³-hybridized carbons (Fsp3) is 0.900. The Morgan fingerprint density at radius 3 is 1.82 bits per heavy atom. The Kier molecular flexibility index (Phi) is 6.80. The first-order valence-corrected chi connectivity index (χ1v) is 14.6. The number of hydrogen-bond acceptors (Lipinski definition) is 9. The zero-order chi connectivity index (χ0) is 24.3. The van der Waals surface area contributed by atoms with Crippen LogP contribution in [0.15, 0.2) is 0 Å². The van der Waals surface area contributed by atoms with Crippen LogP contribution in [0.3, 0.4) is 0 Å². The minimum absolute atomic E-state index is 0.0815. The van der Waals surface area contributed by atoms with Gasteiger partial charge in [0.05, 0.1) is 0 Å². The lowest BCUT2D eigenvalue weighted by Gasteiger charge is -2.51. The van der Waals surface area contributed by atoms with Gasteiger partial charge >= 0.3 is 0 Å². The maximum Gasteiger partial charge on any atom is 0.269 e. The Hall–Kier alpha value is -0.960. The van der Waals surface area contributed by atoms with Gasteiger partial charge in [0.25, 0.3) is 20.2 Å². The third-order valence-electron chi connectivity index (χ3n) is 8.35. The Morgan fingerprint density at radius 2 is 1.30 bits per heavy atom. The highest BCUT2D eigenvalue weighted by Crippen LogP contribution is 2.47. The summed E-state index contributed by atoms with van der Waals surface area (Å²) in [6.45, 7) is 0. The number of fused-ring (bicyclic) bond motifs is 2. The molecule has 4 fully saturated rings. The van der Waals surface area contributed by atoms with Gasteiger partial charge in [-0.2, -0.15) is 16.8 Å². The fourth-order valence-electron chi connectivity index (χ4n) is 6.82. The van der Waals surface area contributed by atoms with Gasteiger partial charge < -0.3 is 16.8 Å². The molecule has 0 spiro atoms. The van der Waals surface area contributed by atoms with E-state index in [0.29, 0.717) is 19.3 Å². The van der Waals surface area contributed by atoms with Crippen molar-refractivity contribution in [2.45, 2.75) is 86.0 Å². The van der Waals surface area contributed by atoms with Crippen LogP contribution in [0, 0.1) is 23.7 Å². The van der Waals surface area contributed by atoms with Crippen molar-refractivity contribution in [2.24, 2.45) is 35.1 Å². The second-order valence-electron chi connectivity index (χ2n) is 10.2. The number of nitrogens with two attached hydrogens (primary N) is 2. The highest BCUT2D eigenvalue weighted by atomic mass is 32.2. The Labute approximate surface area is 193 Å². The molecule has 0 saturated heterocycles. The van der Waals surface area contributed by atoms with Crippen molar-refractivity contribution in [2.75, 3.05) is 0 Å². The fourth-order valence-corrected chi connectivity index (χ4v) is 8.82. The predicted molar refractivity (Wildman–Crippen MR) is 118 cm³/mol. The molecule has 0 aromatic rings. The summed E-state index contributed by atoms with van der Waals surface area (Å²) in [6.07, 6.45) is 3.37. The van der Waals surface area contributed by atoms with Crippen molar-refractivity contribution in [3.8, 4) is 0 Å². The largest absolute Gasteiger partial charge is 0.326 e. The predicted octanol–water partition coefficient (Wildman–Crippen LogP) is -0.741. The van der Waals surface area contributed by atoms with Gasteiger partial charge in [-0.25, -0.2) is 0 Å². The van der Waals surface area contributed by atoms with Gasteiger partial charge in [0.2, 0.25) is 0 Å². The van der Waals surface area contributed by atoms with E-state index in [9.17, 15) is 35.5 Å². The first kappa shape index (κ1) is 25.1. The van der Waals surface area contributed by atoms with Crippen molar-refractivity contribution in [3.05, 3.63) is 0 Å². The van der Waals surface area contributed by atoms with Gasteiger partial charge in [0.1, 0.15) is 22.1 Å². The van der Waals surface area contributed by atoms with E-state index in [1.165, 1.54) is 0 Å². The van der Waals surface area contributed by atoms with E-state index in [-0.39, 0.29) is 36.9 Å². The van der Waals surface area contributed by atoms with Crippen molar-refractivity contribution in [1.29, 1.82) is 0 Å². The van der Waals surface area contributed by atoms with E-state index >= 15 is 0 Å². The first-order chi connectivity index (χ1) is 15.3. The number of nitrogens with one attached hydrogen (secondary N) is 1. The molecule has 0 radical (unpaired) electrons. The molecule has 0 aliphatic heterocycles. The summed E-state index contributed by atoms with van der Waals surface area (Å²) in [5.74, 6) is -2.94. The van der Waals surface area contributed by atoms with Crippen LogP contribution in [0.4, 0.5) is 0 Å². The van der Waals surface area contributed by atoms with E-state index in [4.69, 9.17) is 11.5 Å². The van der Waals surface area contributed by atoms with Gasteiger partial charge in [-0.05, 0) is 38.5 Å². The molecule has 11 nitrogen and oxygen atoms in total. The van der Waals surface area contributed by atoms with Crippen LogP contribution in [-0.2, 0) is 29.8 Å². The third kappa shape index (κ3) is 4.65. The lowest BCUT2D eigenvalue weighted by Crippen LogP contribution is -2.68. The topological polar surface area (TPSA) is 207 Å².